The zero-order valence-corrected chi connectivity index (χ0v) is 18.9. The number of anilines is 1. The van der Waals surface area contributed by atoms with Gasteiger partial charge >= 0.3 is 12.0 Å². The highest BCUT2D eigenvalue weighted by Crippen LogP contribution is 2.24. The zero-order valence-electron chi connectivity index (χ0n) is 18.9. The molecule has 0 saturated carbocycles. The molecule has 14 heteroatoms. The van der Waals surface area contributed by atoms with Gasteiger partial charge in [0.15, 0.2) is 0 Å². The topological polar surface area (TPSA) is 208 Å². The maximum absolute atomic E-state index is 13.4. The minimum Gasteiger partial charge on any atom is -0.481 e. The van der Waals surface area contributed by atoms with Gasteiger partial charge in [-0.25, -0.2) is 14.8 Å². The minimum absolute atomic E-state index is 0.00497. The van der Waals surface area contributed by atoms with Crippen molar-refractivity contribution in [2.45, 2.75) is 43.8 Å². The van der Waals surface area contributed by atoms with Crippen molar-refractivity contribution in [3.8, 4) is 0 Å². The lowest BCUT2D eigenvalue weighted by molar-refractivity contribution is -0.166. The van der Waals surface area contributed by atoms with Crippen LogP contribution >= 0.6 is 0 Å². The van der Waals surface area contributed by atoms with Crippen LogP contribution < -0.4 is 21.7 Å². The molecule has 0 unspecified atom stereocenters. The second kappa shape index (κ2) is 11.1. The Morgan fingerprint density at radius 3 is 2.47 bits per heavy atom. The number of rotatable bonds is 8. The third-order valence-electron chi connectivity index (χ3n) is 5.47. The lowest BCUT2D eigenvalue weighted by atomic mass is 10.1. The van der Waals surface area contributed by atoms with E-state index in [1.807, 2.05) is 0 Å². The first kappa shape index (κ1) is 25.9. The molecule has 2 aliphatic rings. The quantitative estimate of drug-likeness (QED) is 0.281. The van der Waals surface area contributed by atoms with Gasteiger partial charge in [-0.15, -0.1) is 0 Å². The number of carboxylic acid groups (broad SMARTS) is 1. The van der Waals surface area contributed by atoms with Gasteiger partial charge in [-0.2, -0.15) is 0 Å². The Balaban J connectivity index is 1.78. The largest absolute Gasteiger partial charge is 0.481 e. The number of hydrazine groups is 1. The SMILES string of the molecule is NC(=O)Nc1ccc(C(=O)N[C@H]2CCC(=O)N3C=CC[C@@H](C(=O)N[C@H](C=O)CC(=O)O)N3C2=O)cc1. The lowest BCUT2D eigenvalue weighted by Gasteiger charge is -2.39. The van der Waals surface area contributed by atoms with Crippen LogP contribution in [-0.2, 0) is 24.0 Å². The monoisotopic (exact) mass is 500 g/mol. The number of hydrogen-bond acceptors (Lipinski definition) is 7. The number of fused-ring (bicyclic) bond motifs is 1. The summed E-state index contributed by atoms with van der Waals surface area (Å²) in [7, 11) is 0. The van der Waals surface area contributed by atoms with Crippen molar-refractivity contribution in [3.63, 3.8) is 0 Å². The number of aldehydes is 1. The van der Waals surface area contributed by atoms with E-state index in [2.05, 4.69) is 16.0 Å². The molecular weight excluding hydrogens is 476 g/mol. The normalized spacial score (nSPS) is 20.0. The average Bonchev–Trinajstić information content (AvgIpc) is 2.95. The number of nitrogens with two attached hydrogens (primary N) is 1. The summed E-state index contributed by atoms with van der Waals surface area (Å²) in [5.74, 6) is -3.98. The molecule has 0 aliphatic carbocycles. The molecule has 36 heavy (non-hydrogen) atoms. The Kier molecular flexibility index (Phi) is 7.99. The van der Waals surface area contributed by atoms with Gasteiger partial charge < -0.3 is 31.6 Å². The van der Waals surface area contributed by atoms with E-state index in [9.17, 15) is 33.6 Å². The summed E-state index contributed by atoms with van der Waals surface area (Å²) >= 11 is 0. The summed E-state index contributed by atoms with van der Waals surface area (Å²) in [6, 6.07) is 1.18. The third kappa shape index (κ3) is 6.02. The summed E-state index contributed by atoms with van der Waals surface area (Å²) in [5, 5.41) is 18.0. The molecule has 2 aliphatic heterocycles. The summed E-state index contributed by atoms with van der Waals surface area (Å²) in [6.07, 6.45) is 2.31. The van der Waals surface area contributed by atoms with Crippen molar-refractivity contribution in [1.29, 1.82) is 0 Å². The lowest BCUT2D eigenvalue weighted by Crippen LogP contribution is -2.62. The first-order valence-electron chi connectivity index (χ1n) is 10.9. The molecule has 190 valence electrons. The standard InChI is InChI=1S/C22H24N6O8/c23-22(36)25-13-5-3-12(4-6-13)19(33)26-15-7-8-17(30)27-9-1-2-16(28(27)21(15)35)20(34)24-14(11-29)10-18(31)32/h1,3-6,9,11,14-16H,2,7-8,10H2,(H,24,34)(H,26,33)(H,31,32)(H3,23,25,36)/t14-,15-,16-/m0/s1. The molecule has 1 aromatic rings. The van der Waals surface area contributed by atoms with E-state index in [0.29, 0.717) is 5.69 Å². The fourth-order valence-corrected chi connectivity index (χ4v) is 3.78. The highest BCUT2D eigenvalue weighted by Gasteiger charge is 2.43. The fourth-order valence-electron chi connectivity index (χ4n) is 3.78. The number of hydrogen-bond donors (Lipinski definition) is 5. The third-order valence-corrected chi connectivity index (χ3v) is 5.47. The van der Waals surface area contributed by atoms with Gasteiger partial charge in [-0.1, -0.05) is 6.08 Å². The molecule has 6 N–H and O–H groups in total. The molecule has 1 fully saturated rings. The molecule has 0 spiro atoms. The molecule has 1 saturated heterocycles. The van der Waals surface area contributed by atoms with Crippen LogP contribution in [0.25, 0.3) is 0 Å². The molecule has 3 atom stereocenters. The fraction of sp³-hybridized carbons (Fsp3) is 0.318. The Morgan fingerprint density at radius 1 is 1.17 bits per heavy atom. The Bertz CT molecular complexity index is 1120. The minimum atomic E-state index is -1.32. The number of carboxylic acids is 1. The predicted molar refractivity (Wildman–Crippen MR) is 122 cm³/mol. The van der Waals surface area contributed by atoms with Crippen LogP contribution in [-0.4, -0.2) is 75.2 Å². The van der Waals surface area contributed by atoms with Gasteiger partial charge in [0, 0.05) is 23.9 Å². The zero-order chi connectivity index (χ0) is 26.4. The Morgan fingerprint density at radius 2 is 1.86 bits per heavy atom. The first-order chi connectivity index (χ1) is 17.1. The molecular formula is C22H24N6O8. The number of nitrogens with zero attached hydrogens (tertiary/aromatic N) is 2. The molecule has 1 aromatic carbocycles. The van der Waals surface area contributed by atoms with Crippen LogP contribution in [0, 0.1) is 0 Å². The maximum Gasteiger partial charge on any atom is 0.316 e. The van der Waals surface area contributed by atoms with Crippen LogP contribution in [0.5, 0.6) is 0 Å². The second-order valence-electron chi connectivity index (χ2n) is 8.04. The summed E-state index contributed by atoms with van der Waals surface area (Å²) in [5.41, 5.74) is 5.57. The highest BCUT2D eigenvalue weighted by molar-refractivity contribution is 6.00. The number of amides is 6. The van der Waals surface area contributed by atoms with Crippen LogP contribution in [0.3, 0.4) is 0 Å². The molecule has 14 nitrogen and oxygen atoms in total. The van der Waals surface area contributed by atoms with Crippen LogP contribution in [0.15, 0.2) is 36.5 Å². The number of nitrogens with one attached hydrogen (secondary N) is 3. The molecule has 3 rings (SSSR count). The summed E-state index contributed by atoms with van der Waals surface area (Å²) < 4.78 is 0. The molecule has 0 bridgehead atoms. The summed E-state index contributed by atoms with van der Waals surface area (Å²) in [6.45, 7) is 0. The van der Waals surface area contributed by atoms with Crippen LogP contribution in [0.1, 0.15) is 36.0 Å². The van der Waals surface area contributed by atoms with Crippen molar-refractivity contribution in [3.05, 3.63) is 42.1 Å². The predicted octanol–water partition coefficient (Wildman–Crippen LogP) is -0.914. The van der Waals surface area contributed by atoms with Gasteiger partial charge in [-0.3, -0.25) is 24.0 Å². The van der Waals surface area contributed by atoms with Crippen LogP contribution in [0.2, 0.25) is 0 Å². The molecule has 0 aromatic heterocycles. The van der Waals surface area contributed by atoms with Crippen molar-refractivity contribution in [1.82, 2.24) is 20.7 Å². The number of aliphatic carboxylic acids is 1. The highest BCUT2D eigenvalue weighted by atomic mass is 16.4. The van der Waals surface area contributed by atoms with Crippen molar-refractivity contribution < 1.29 is 38.7 Å². The molecule has 6 amide bonds. The maximum atomic E-state index is 13.4. The van der Waals surface area contributed by atoms with E-state index in [1.54, 1.807) is 0 Å². The van der Waals surface area contributed by atoms with Gasteiger partial charge in [0.25, 0.3) is 11.8 Å². The van der Waals surface area contributed by atoms with Gasteiger partial charge in [0.05, 0.1) is 12.5 Å². The number of urea groups is 1. The number of benzene rings is 1. The molecule has 2 heterocycles. The van der Waals surface area contributed by atoms with E-state index >= 15 is 0 Å². The summed E-state index contributed by atoms with van der Waals surface area (Å²) in [4.78, 5) is 84.7. The van der Waals surface area contributed by atoms with Crippen LogP contribution in [0.4, 0.5) is 10.5 Å². The van der Waals surface area contributed by atoms with E-state index in [1.165, 1.54) is 36.5 Å². The number of carbonyl (C=O) groups is 7. The Hall–Kier alpha value is -4.75. The number of carbonyl (C=O) groups excluding carboxylic acids is 6. The smallest absolute Gasteiger partial charge is 0.316 e. The first-order valence-corrected chi connectivity index (χ1v) is 10.9. The molecule has 0 radical (unpaired) electrons. The van der Waals surface area contributed by atoms with Crippen molar-refractivity contribution >= 4 is 47.6 Å². The van der Waals surface area contributed by atoms with Gasteiger partial charge in [0.2, 0.25) is 11.8 Å². The van der Waals surface area contributed by atoms with E-state index in [-0.39, 0.29) is 31.1 Å². The number of primary amides is 1. The van der Waals surface area contributed by atoms with E-state index in [4.69, 9.17) is 10.8 Å². The van der Waals surface area contributed by atoms with Gasteiger partial charge in [-0.05, 0) is 37.1 Å². The van der Waals surface area contributed by atoms with E-state index in [0.717, 1.165) is 10.0 Å². The van der Waals surface area contributed by atoms with E-state index < -0.39 is 60.2 Å². The second-order valence-corrected chi connectivity index (χ2v) is 8.04. The average molecular weight is 500 g/mol. The van der Waals surface area contributed by atoms with Crippen molar-refractivity contribution in [2.75, 3.05) is 5.32 Å². The Labute approximate surface area is 204 Å². The van der Waals surface area contributed by atoms with Gasteiger partial charge in [0.1, 0.15) is 18.4 Å². The van der Waals surface area contributed by atoms with Crippen molar-refractivity contribution in [2.24, 2.45) is 5.73 Å².